The predicted octanol–water partition coefficient (Wildman–Crippen LogP) is 2.38. The van der Waals surface area contributed by atoms with Crippen LogP contribution in [0, 0.1) is 0 Å². The van der Waals surface area contributed by atoms with E-state index in [0.29, 0.717) is 5.75 Å². The summed E-state index contributed by atoms with van der Waals surface area (Å²) in [5.74, 6) is 1.32. The Balaban J connectivity index is 2.52. The van der Waals surface area contributed by atoms with Gasteiger partial charge in [0.15, 0.2) is 6.10 Å². The minimum Gasteiger partial charge on any atom is -0.497 e. The SMILES string of the molecule is CC[C@H](C)NC(=O)[C@@H](C)Oc1ccc(OC)cc1. The Morgan fingerprint density at radius 2 is 1.78 bits per heavy atom. The molecule has 100 valence electrons. The fourth-order valence-corrected chi connectivity index (χ4v) is 1.37. The Hall–Kier alpha value is -1.71. The van der Waals surface area contributed by atoms with Crippen molar-refractivity contribution < 1.29 is 14.3 Å². The van der Waals surface area contributed by atoms with Gasteiger partial charge in [-0.1, -0.05) is 6.92 Å². The molecule has 1 aromatic rings. The monoisotopic (exact) mass is 251 g/mol. The summed E-state index contributed by atoms with van der Waals surface area (Å²) in [5, 5.41) is 2.88. The van der Waals surface area contributed by atoms with E-state index in [2.05, 4.69) is 5.32 Å². The Kier molecular flexibility index (Phi) is 5.49. The van der Waals surface area contributed by atoms with Crippen LogP contribution in [0.15, 0.2) is 24.3 Å². The number of rotatable bonds is 6. The van der Waals surface area contributed by atoms with Crippen molar-refractivity contribution in [2.75, 3.05) is 7.11 Å². The molecule has 0 saturated carbocycles. The number of hydrogen-bond acceptors (Lipinski definition) is 3. The molecule has 4 heteroatoms. The molecule has 1 rings (SSSR count). The first-order chi connectivity index (χ1) is 8.56. The summed E-state index contributed by atoms with van der Waals surface area (Å²) in [7, 11) is 1.61. The maximum atomic E-state index is 11.8. The summed E-state index contributed by atoms with van der Waals surface area (Å²) < 4.78 is 10.6. The number of carbonyl (C=O) groups is 1. The lowest BCUT2D eigenvalue weighted by molar-refractivity contribution is -0.127. The largest absolute Gasteiger partial charge is 0.497 e. The Labute approximate surface area is 108 Å². The highest BCUT2D eigenvalue weighted by molar-refractivity contribution is 5.80. The molecule has 0 aliphatic carbocycles. The molecule has 2 atom stereocenters. The summed E-state index contributed by atoms with van der Waals surface area (Å²) >= 11 is 0. The number of nitrogens with one attached hydrogen (secondary N) is 1. The van der Waals surface area contributed by atoms with E-state index in [-0.39, 0.29) is 11.9 Å². The maximum absolute atomic E-state index is 11.8. The third-order valence-electron chi connectivity index (χ3n) is 2.74. The molecule has 0 radical (unpaired) electrons. The van der Waals surface area contributed by atoms with Gasteiger partial charge in [-0.25, -0.2) is 0 Å². The van der Waals surface area contributed by atoms with E-state index < -0.39 is 6.10 Å². The fraction of sp³-hybridized carbons (Fsp3) is 0.500. The molecule has 0 saturated heterocycles. The molecule has 0 bridgehead atoms. The topological polar surface area (TPSA) is 47.6 Å². The molecule has 0 spiro atoms. The molecule has 1 aromatic carbocycles. The summed E-state index contributed by atoms with van der Waals surface area (Å²) in [6.45, 7) is 5.74. The van der Waals surface area contributed by atoms with Crippen LogP contribution in [0.2, 0.25) is 0 Å². The first-order valence-corrected chi connectivity index (χ1v) is 6.18. The molecule has 1 N–H and O–H groups in total. The molecule has 0 aliphatic rings. The lowest BCUT2D eigenvalue weighted by Crippen LogP contribution is -2.40. The third-order valence-corrected chi connectivity index (χ3v) is 2.74. The van der Waals surface area contributed by atoms with Crippen molar-refractivity contribution in [2.24, 2.45) is 0 Å². The molecule has 0 fully saturated rings. The molecule has 1 amide bonds. The highest BCUT2D eigenvalue weighted by atomic mass is 16.5. The van der Waals surface area contributed by atoms with Crippen molar-refractivity contribution in [1.82, 2.24) is 5.32 Å². The Morgan fingerprint density at radius 1 is 1.22 bits per heavy atom. The highest BCUT2D eigenvalue weighted by Crippen LogP contribution is 2.18. The van der Waals surface area contributed by atoms with Crippen molar-refractivity contribution in [2.45, 2.75) is 39.3 Å². The lowest BCUT2D eigenvalue weighted by atomic mass is 10.2. The molecule has 0 heterocycles. The fourth-order valence-electron chi connectivity index (χ4n) is 1.37. The molecule has 0 unspecified atom stereocenters. The van der Waals surface area contributed by atoms with Crippen LogP contribution in [0.1, 0.15) is 27.2 Å². The van der Waals surface area contributed by atoms with Gasteiger partial charge in [0.2, 0.25) is 0 Å². The van der Waals surface area contributed by atoms with E-state index in [1.54, 1.807) is 38.3 Å². The van der Waals surface area contributed by atoms with Crippen molar-refractivity contribution in [3.8, 4) is 11.5 Å². The Morgan fingerprint density at radius 3 is 2.28 bits per heavy atom. The van der Waals surface area contributed by atoms with Gasteiger partial charge >= 0.3 is 0 Å². The van der Waals surface area contributed by atoms with Crippen LogP contribution in [0.4, 0.5) is 0 Å². The highest BCUT2D eigenvalue weighted by Gasteiger charge is 2.15. The summed E-state index contributed by atoms with van der Waals surface area (Å²) in [4.78, 5) is 11.8. The summed E-state index contributed by atoms with van der Waals surface area (Å²) in [6.07, 6.45) is 0.397. The number of hydrogen-bond donors (Lipinski definition) is 1. The van der Waals surface area contributed by atoms with E-state index in [1.807, 2.05) is 13.8 Å². The quantitative estimate of drug-likeness (QED) is 0.844. The van der Waals surface area contributed by atoms with Gasteiger partial charge in [0, 0.05) is 6.04 Å². The molecule has 18 heavy (non-hydrogen) atoms. The molecular formula is C14H21NO3. The van der Waals surface area contributed by atoms with Gasteiger partial charge in [0.25, 0.3) is 5.91 Å². The van der Waals surface area contributed by atoms with Crippen LogP contribution in [0.25, 0.3) is 0 Å². The zero-order valence-corrected chi connectivity index (χ0v) is 11.4. The number of methoxy groups -OCH3 is 1. The van der Waals surface area contributed by atoms with Gasteiger partial charge < -0.3 is 14.8 Å². The number of carbonyl (C=O) groups excluding carboxylic acids is 1. The van der Waals surface area contributed by atoms with Gasteiger partial charge in [0.1, 0.15) is 11.5 Å². The van der Waals surface area contributed by atoms with Gasteiger partial charge in [-0.3, -0.25) is 4.79 Å². The van der Waals surface area contributed by atoms with Crippen molar-refractivity contribution in [1.29, 1.82) is 0 Å². The average Bonchev–Trinajstić information content (AvgIpc) is 2.39. The second kappa shape index (κ2) is 6.89. The summed E-state index contributed by atoms with van der Waals surface area (Å²) in [6, 6.07) is 7.33. The Bertz CT molecular complexity index is 375. The standard InChI is InChI=1S/C14H21NO3/c1-5-10(2)15-14(16)11(3)18-13-8-6-12(17-4)7-9-13/h6-11H,5H2,1-4H3,(H,15,16)/t10-,11+/m0/s1. The van der Waals surface area contributed by atoms with Crippen molar-refractivity contribution in [3.63, 3.8) is 0 Å². The number of ether oxygens (including phenoxy) is 2. The van der Waals surface area contributed by atoms with Crippen molar-refractivity contribution >= 4 is 5.91 Å². The minimum atomic E-state index is -0.507. The molecular weight excluding hydrogens is 230 g/mol. The second-order valence-corrected chi connectivity index (χ2v) is 4.25. The average molecular weight is 251 g/mol. The van der Waals surface area contributed by atoms with E-state index in [4.69, 9.17) is 9.47 Å². The first-order valence-electron chi connectivity index (χ1n) is 6.18. The van der Waals surface area contributed by atoms with E-state index >= 15 is 0 Å². The van der Waals surface area contributed by atoms with E-state index in [9.17, 15) is 4.79 Å². The van der Waals surface area contributed by atoms with Crippen LogP contribution >= 0.6 is 0 Å². The van der Waals surface area contributed by atoms with Gasteiger partial charge in [-0.15, -0.1) is 0 Å². The van der Waals surface area contributed by atoms with Crippen LogP contribution in [0.5, 0.6) is 11.5 Å². The summed E-state index contributed by atoms with van der Waals surface area (Å²) in [5.41, 5.74) is 0. The van der Waals surface area contributed by atoms with Crippen molar-refractivity contribution in [3.05, 3.63) is 24.3 Å². The van der Waals surface area contributed by atoms with Gasteiger partial charge in [-0.2, -0.15) is 0 Å². The molecule has 0 aliphatic heterocycles. The van der Waals surface area contributed by atoms with Crippen LogP contribution in [-0.4, -0.2) is 25.2 Å². The normalized spacial score (nSPS) is 13.6. The van der Waals surface area contributed by atoms with Crippen LogP contribution < -0.4 is 14.8 Å². The maximum Gasteiger partial charge on any atom is 0.260 e. The number of amides is 1. The first kappa shape index (κ1) is 14.4. The second-order valence-electron chi connectivity index (χ2n) is 4.25. The van der Waals surface area contributed by atoms with Gasteiger partial charge in [0.05, 0.1) is 7.11 Å². The molecule has 4 nitrogen and oxygen atoms in total. The zero-order valence-electron chi connectivity index (χ0n) is 11.4. The van der Waals surface area contributed by atoms with Crippen LogP contribution in [-0.2, 0) is 4.79 Å². The minimum absolute atomic E-state index is 0.0971. The number of benzene rings is 1. The van der Waals surface area contributed by atoms with E-state index in [1.165, 1.54) is 0 Å². The van der Waals surface area contributed by atoms with Crippen LogP contribution in [0.3, 0.4) is 0 Å². The predicted molar refractivity (Wildman–Crippen MR) is 71.0 cm³/mol. The van der Waals surface area contributed by atoms with E-state index in [0.717, 1.165) is 12.2 Å². The zero-order chi connectivity index (χ0) is 13.5. The third kappa shape index (κ3) is 4.28. The lowest BCUT2D eigenvalue weighted by Gasteiger charge is -2.17. The smallest absolute Gasteiger partial charge is 0.260 e. The molecule has 0 aromatic heterocycles. The van der Waals surface area contributed by atoms with Gasteiger partial charge in [-0.05, 0) is 44.5 Å².